The van der Waals surface area contributed by atoms with Crippen LogP contribution in [0.2, 0.25) is 0 Å². The lowest BCUT2D eigenvalue weighted by molar-refractivity contribution is -0.126. The molecule has 0 N–H and O–H groups in total. The molecule has 2 nitrogen and oxygen atoms in total. The van der Waals surface area contributed by atoms with Crippen LogP contribution in [0.3, 0.4) is 0 Å². The summed E-state index contributed by atoms with van der Waals surface area (Å²) in [5.41, 5.74) is 0.952. The van der Waals surface area contributed by atoms with Crippen LogP contribution in [-0.4, -0.2) is 11.9 Å². The fourth-order valence-corrected chi connectivity index (χ4v) is 1.79. The number of carbonyl (C=O) groups excluding carboxylic acids is 1. The molecular formula is C16H22O2. The molecule has 0 atom stereocenters. The maximum atomic E-state index is 11.9. The first-order chi connectivity index (χ1) is 8.45. The second kappa shape index (κ2) is 5.13. The molecule has 0 bridgehead atoms. The molecule has 98 valence electrons. The SMILES string of the molecule is CC(C)(C)C(=O)CCc1cccc(OC2CC2)c1. The van der Waals surface area contributed by atoms with E-state index >= 15 is 0 Å². The van der Waals surface area contributed by atoms with Gasteiger partial charge in [-0.15, -0.1) is 0 Å². The first kappa shape index (κ1) is 13.1. The molecule has 1 saturated carbocycles. The molecule has 0 spiro atoms. The number of rotatable bonds is 5. The number of ether oxygens (including phenoxy) is 1. The fourth-order valence-electron chi connectivity index (χ4n) is 1.79. The number of ketones is 1. The molecule has 0 amide bonds. The number of carbonyl (C=O) groups is 1. The average molecular weight is 246 g/mol. The van der Waals surface area contributed by atoms with Crippen LogP contribution < -0.4 is 4.74 Å². The molecule has 0 unspecified atom stereocenters. The highest BCUT2D eigenvalue weighted by Crippen LogP contribution is 2.27. The van der Waals surface area contributed by atoms with Gasteiger partial charge in [-0.25, -0.2) is 0 Å². The summed E-state index contributed by atoms with van der Waals surface area (Å²) in [6, 6.07) is 8.13. The smallest absolute Gasteiger partial charge is 0.138 e. The molecule has 0 saturated heterocycles. The van der Waals surface area contributed by atoms with Gasteiger partial charge in [0.2, 0.25) is 0 Å². The second-order valence-electron chi connectivity index (χ2n) is 6.14. The van der Waals surface area contributed by atoms with Crippen molar-refractivity contribution in [1.82, 2.24) is 0 Å². The minimum Gasteiger partial charge on any atom is -0.490 e. The predicted molar refractivity (Wildman–Crippen MR) is 72.9 cm³/mol. The summed E-state index contributed by atoms with van der Waals surface area (Å²) in [6.07, 6.45) is 4.19. The van der Waals surface area contributed by atoms with Gasteiger partial charge in [-0.05, 0) is 37.0 Å². The highest BCUT2D eigenvalue weighted by atomic mass is 16.5. The maximum absolute atomic E-state index is 11.9. The Balaban J connectivity index is 1.90. The van der Waals surface area contributed by atoms with Crippen LogP contribution in [0.25, 0.3) is 0 Å². The Hall–Kier alpha value is -1.31. The summed E-state index contributed by atoms with van der Waals surface area (Å²) >= 11 is 0. The van der Waals surface area contributed by atoms with Gasteiger partial charge < -0.3 is 4.74 Å². The highest BCUT2D eigenvalue weighted by molar-refractivity contribution is 5.83. The fraction of sp³-hybridized carbons (Fsp3) is 0.562. The van der Waals surface area contributed by atoms with E-state index in [9.17, 15) is 4.79 Å². The van der Waals surface area contributed by atoms with E-state index in [1.807, 2.05) is 32.9 Å². The van der Waals surface area contributed by atoms with Gasteiger partial charge in [0.1, 0.15) is 11.5 Å². The van der Waals surface area contributed by atoms with Gasteiger partial charge in [0, 0.05) is 11.8 Å². The van der Waals surface area contributed by atoms with Gasteiger partial charge in [0.05, 0.1) is 6.10 Å². The first-order valence-electron chi connectivity index (χ1n) is 6.74. The van der Waals surface area contributed by atoms with Crippen LogP contribution in [-0.2, 0) is 11.2 Å². The van der Waals surface area contributed by atoms with Crippen molar-refractivity contribution in [3.8, 4) is 5.75 Å². The zero-order valence-electron chi connectivity index (χ0n) is 11.5. The van der Waals surface area contributed by atoms with Crippen molar-refractivity contribution < 1.29 is 9.53 Å². The van der Waals surface area contributed by atoms with Crippen LogP contribution in [0, 0.1) is 5.41 Å². The van der Waals surface area contributed by atoms with Gasteiger partial charge >= 0.3 is 0 Å². The third-order valence-corrected chi connectivity index (χ3v) is 3.20. The topological polar surface area (TPSA) is 26.3 Å². The summed E-state index contributed by atoms with van der Waals surface area (Å²) in [6.45, 7) is 5.92. The van der Waals surface area contributed by atoms with E-state index in [1.165, 1.54) is 18.4 Å². The summed E-state index contributed by atoms with van der Waals surface area (Å²) in [4.78, 5) is 11.9. The molecule has 2 heteroatoms. The number of benzene rings is 1. The van der Waals surface area contributed by atoms with E-state index in [1.54, 1.807) is 0 Å². The van der Waals surface area contributed by atoms with Crippen LogP contribution in [0.15, 0.2) is 24.3 Å². The van der Waals surface area contributed by atoms with Gasteiger partial charge in [0.25, 0.3) is 0 Å². The Labute approximate surface area is 109 Å². The Morgan fingerprint density at radius 1 is 1.33 bits per heavy atom. The van der Waals surface area contributed by atoms with Crippen molar-refractivity contribution in [2.24, 2.45) is 5.41 Å². The molecule has 2 rings (SSSR count). The van der Waals surface area contributed by atoms with Gasteiger partial charge in [0.15, 0.2) is 0 Å². The lowest BCUT2D eigenvalue weighted by Crippen LogP contribution is -2.20. The first-order valence-corrected chi connectivity index (χ1v) is 6.74. The Morgan fingerprint density at radius 2 is 2.06 bits per heavy atom. The third kappa shape index (κ3) is 3.86. The normalized spacial score (nSPS) is 15.5. The molecule has 0 aromatic heterocycles. The molecular weight excluding hydrogens is 224 g/mol. The Bertz CT molecular complexity index is 425. The lowest BCUT2D eigenvalue weighted by Gasteiger charge is -2.16. The average Bonchev–Trinajstić information content (AvgIpc) is 3.09. The van der Waals surface area contributed by atoms with E-state index in [-0.39, 0.29) is 5.41 Å². The summed E-state index contributed by atoms with van der Waals surface area (Å²) < 4.78 is 5.76. The van der Waals surface area contributed by atoms with Crippen molar-refractivity contribution in [2.45, 2.75) is 52.6 Å². The molecule has 0 heterocycles. The van der Waals surface area contributed by atoms with Crippen LogP contribution in [0.4, 0.5) is 0 Å². The van der Waals surface area contributed by atoms with Crippen molar-refractivity contribution in [2.75, 3.05) is 0 Å². The van der Waals surface area contributed by atoms with Crippen molar-refractivity contribution in [3.05, 3.63) is 29.8 Å². The largest absolute Gasteiger partial charge is 0.490 e. The molecule has 1 aromatic carbocycles. The zero-order chi connectivity index (χ0) is 13.2. The maximum Gasteiger partial charge on any atom is 0.138 e. The van der Waals surface area contributed by atoms with Crippen LogP contribution in [0.1, 0.15) is 45.6 Å². The summed E-state index contributed by atoms with van der Waals surface area (Å²) in [5.74, 6) is 1.26. The van der Waals surface area contributed by atoms with E-state index in [0.29, 0.717) is 18.3 Å². The second-order valence-corrected chi connectivity index (χ2v) is 6.14. The molecule has 1 aliphatic carbocycles. The Morgan fingerprint density at radius 3 is 2.67 bits per heavy atom. The molecule has 0 aliphatic heterocycles. The highest BCUT2D eigenvalue weighted by Gasteiger charge is 2.23. The zero-order valence-corrected chi connectivity index (χ0v) is 11.5. The van der Waals surface area contributed by atoms with Crippen molar-refractivity contribution in [1.29, 1.82) is 0 Å². The van der Waals surface area contributed by atoms with E-state index < -0.39 is 0 Å². The predicted octanol–water partition coefficient (Wildman–Crippen LogP) is 3.78. The third-order valence-electron chi connectivity index (χ3n) is 3.20. The standard InChI is InChI=1S/C16H22O2/c1-16(2,3)15(17)10-7-12-5-4-6-14(11-12)18-13-8-9-13/h4-6,11,13H,7-10H2,1-3H3. The van der Waals surface area contributed by atoms with Crippen LogP contribution in [0.5, 0.6) is 5.75 Å². The van der Waals surface area contributed by atoms with E-state index in [2.05, 4.69) is 12.1 Å². The number of hydrogen-bond donors (Lipinski definition) is 0. The molecule has 18 heavy (non-hydrogen) atoms. The molecule has 0 radical (unpaired) electrons. The van der Waals surface area contributed by atoms with E-state index in [0.717, 1.165) is 12.2 Å². The summed E-state index contributed by atoms with van der Waals surface area (Å²) in [7, 11) is 0. The number of hydrogen-bond acceptors (Lipinski definition) is 2. The Kier molecular flexibility index (Phi) is 3.74. The lowest BCUT2D eigenvalue weighted by atomic mass is 9.87. The molecule has 1 aromatic rings. The minimum absolute atomic E-state index is 0.234. The van der Waals surface area contributed by atoms with Crippen LogP contribution >= 0.6 is 0 Å². The van der Waals surface area contributed by atoms with Gasteiger partial charge in [-0.3, -0.25) is 4.79 Å². The minimum atomic E-state index is -0.234. The monoisotopic (exact) mass is 246 g/mol. The van der Waals surface area contributed by atoms with Gasteiger partial charge in [-0.2, -0.15) is 0 Å². The number of Topliss-reactive ketones (excluding diaryl/α,β-unsaturated/α-hetero) is 1. The van der Waals surface area contributed by atoms with Crippen molar-refractivity contribution >= 4 is 5.78 Å². The van der Waals surface area contributed by atoms with Crippen molar-refractivity contribution in [3.63, 3.8) is 0 Å². The van der Waals surface area contributed by atoms with E-state index in [4.69, 9.17) is 4.74 Å². The number of aryl methyl sites for hydroxylation is 1. The summed E-state index contributed by atoms with van der Waals surface area (Å²) in [5, 5.41) is 0. The van der Waals surface area contributed by atoms with Gasteiger partial charge in [-0.1, -0.05) is 32.9 Å². The quantitative estimate of drug-likeness (QED) is 0.790. The molecule has 1 aliphatic rings. The molecule has 1 fully saturated rings.